The molecule has 1 rings (SSSR count). The van der Waals surface area contributed by atoms with E-state index >= 15 is 0 Å². The van der Waals surface area contributed by atoms with Gasteiger partial charge in [-0.3, -0.25) is 0 Å². The fraction of sp³-hybridized carbons (Fsp3) is 0.417. The predicted molar refractivity (Wildman–Crippen MR) is 69.3 cm³/mol. The summed E-state index contributed by atoms with van der Waals surface area (Å²) in [6, 6.07) is 5.90. The lowest BCUT2D eigenvalue weighted by atomic mass is 10.2. The van der Waals surface area contributed by atoms with Crippen molar-refractivity contribution in [2.75, 3.05) is 18.2 Å². The van der Waals surface area contributed by atoms with Crippen LogP contribution in [0.25, 0.3) is 0 Å². The van der Waals surface area contributed by atoms with Crippen LogP contribution in [0.1, 0.15) is 13.8 Å². The molecule has 0 saturated heterocycles. The first-order valence-electron chi connectivity index (χ1n) is 5.58. The second kappa shape index (κ2) is 5.86. The maximum Gasteiger partial charge on any atom is 0.327 e. The number of hydrogen-bond donors (Lipinski definition) is 1. The number of anilines is 1. The molecule has 0 saturated carbocycles. The normalized spacial score (nSPS) is 12.8. The third-order valence-electron chi connectivity index (χ3n) is 2.53. The Hall–Kier alpha value is -1.56. The number of benzene rings is 1. The highest BCUT2D eigenvalue weighted by Gasteiger charge is 2.19. The van der Waals surface area contributed by atoms with Gasteiger partial charge in [-0.15, -0.1) is 0 Å². The predicted octanol–water partition coefficient (Wildman–Crippen LogP) is 1.45. The van der Waals surface area contributed by atoms with Crippen LogP contribution in [0.5, 0.6) is 0 Å². The van der Waals surface area contributed by atoms with Crippen molar-refractivity contribution in [2.24, 2.45) is 0 Å². The molecule has 0 radical (unpaired) electrons. The molecular formula is C12H17NO4S. The fourth-order valence-corrected chi connectivity index (χ4v) is 2.54. The Morgan fingerprint density at radius 1 is 1.39 bits per heavy atom. The van der Waals surface area contributed by atoms with E-state index in [0.717, 1.165) is 0 Å². The second-order valence-electron chi connectivity index (χ2n) is 3.79. The van der Waals surface area contributed by atoms with Crippen LogP contribution >= 0.6 is 0 Å². The molecule has 1 N–H and O–H groups in total. The average molecular weight is 271 g/mol. The largest absolute Gasteiger partial charge is 0.467 e. The number of nitrogens with one attached hydrogen (secondary N) is 1. The van der Waals surface area contributed by atoms with Crippen molar-refractivity contribution < 1.29 is 17.9 Å². The summed E-state index contributed by atoms with van der Waals surface area (Å²) < 4.78 is 28.4. The minimum atomic E-state index is -3.32. The van der Waals surface area contributed by atoms with Crippen molar-refractivity contribution >= 4 is 21.5 Å². The van der Waals surface area contributed by atoms with E-state index in [1.165, 1.54) is 13.2 Å². The van der Waals surface area contributed by atoms with Gasteiger partial charge in [0.25, 0.3) is 0 Å². The van der Waals surface area contributed by atoms with E-state index < -0.39 is 21.8 Å². The van der Waals surface area contributed by atoms with E-state index in [1.807, 2.05) is 0 Å². The molecule has 0 aliphatic rings. The average Bonchev–Trinajstić information content (AvgIpc) is 2.38. The molecule has 1 unspecified atom stereocenters. The van der Waals surface area contributed by atoms with Gasteiger partial charge in [-0.1, -0.05) is 19.1 Å². The molecule has 1 aromatic rings. The molecule has 5 nitrogen and oxygen atoms in total. The zero-order chi connectivity index (χ0) is 13.8. The third-order valence-corrected chi connectivity index (χ3v) is 4.32. The van der Waals surface area contributed by atoms with Gasteiger partial charge in [0.2, 0.25) is 0 Å². The summed E-state index contributed by atoms with van der Waals surface area (Å²) in [6.45, 7) is 3.19. The Bertz CT molecular complexity index is 525. The topological polar surface area (TPSA) is 72.5 Å². The zero-order valence-corrected chi connectivity index (χ0v) is 11.5. The number of ether oxygens (including phenoxy) is 1. The van der Waals surface area contributed by atoms with Crippen molar-refractivity contribution in [3.8, 4) is 0 Å². The van der Waals surface area contributed by atoms with Gasteiger partial charge < -0.3 is 10.1 Å². The van der Waals surface area contributed by atoms with Gasteiger partial charge in [0.15, 0.2) is 9.84 Å². The molecule has 6 heteroatoms. The minimum absolute atomic E-state index is 0.0122. The lowest BCUT2D eigenvalue weighted by Gasteiger charge is -2.15. The van der Waals surface area contributed by atoms with Crippen molar-refractivity contribution in [3.05, 3.63) is 24.3 Å². The molecule has 0 amide bonds. The van der Waals surface area contributed by atoms with E-state index in [9.17, 15) is 13.2 Å². The highest BCUT2D eigenvalue weighted by atomic mass is 32.2. The van der Waals surface area contributed by atoms with Crippen molar-refractivity contribution in [2.45, 2.75) is 24.8 Å². The van der Waals surface area contributed by atoms with E-state index in [1.54, 1.807) is 32.0 Å². The monoisotopic (exact) mass is 271 g/mol. The van der Waals surface area contributed by atoms with Gasteiger partial charge >= 0.3 is 5.97 Å². The van der Waals surface area contributed by atoms with Gasteiger partial charge in [-0.2, -0.15) is 0 Å². The molecule has 0 aromatic heterocycles. The maximum absolute atomic E-state index is 11.9. The summed E-state index contributed by atoms with van der Waals surface area (Å²) in [4.78, 5) is 11.5. The van der Waals surface area contributed by atoms with Gasteiger partial charge in [0.1, 0.15) is 6.04 Å². The highest BCUT2D eigenvalue weighted by Crippen LogP contribution is 2.22. The van der Waals surface area contributed by atoms with Crippen molar-refractivity contribution in [1.29, 1.82) is 0 Å². The fourth-order valence-electron chi connectivity index (χ4n) is 1.48. The van der Waals surface area contributed by atoms with Crippen LogP contribution < -0.4 is 5.32 Å². The first-order chi connectivity index (χ1) is 8.42. The number of carbonyl (C=O) groups is 1. The molecule has 100 valence electrons. The minimum Gasteiger partial charge on any atom is -0.467 e. The number of rotatable bonds is 5. The number of hydrogen-bond acceptors (Lipinski definition) is 5. The van der Waals surface area contributed by atoms with Gasteiger partial charge in [0.05, 0.1) is 23.4 Å². The Kier molecular flexibility index (Phi) is 4.72. The van der Waals surface area contributed by atoms with Crippen LogP contribution in [0.3, 0.4) is 0 Å². The number of esters is 1. The number of carbonyl (C=O) groups excluding carboxylic acids is 1. The Morgan fingerprint density at radius 2 is 2.00 bits per heavy atom. The number of sulfone groups is 1. The lowest BCUT2D eigenvalue weighted by Crippen LogP contribution is -2.28. The summed E-state index contributed by atoms with van der Waals surface area (Å²) in [7, 11) is -2.03. The smallest absolute Gasteiger partial charge is 0.327 e. The molecule has 0 fully saturated rings. The second-order valence-corrected chi connectivity index (χ2v) is 6.04. The summed E-state index contributed by atoms with van der Waals surface area (Å²) in [5.74, 6) is -0.433. The van der Waals surface area contributed by atoms with Gasteiger partial charge in [0, 0.05) is 0 Å². The lowest BCUT2D eigenvalue weighted by molar-refractivity contribution is -0.141. The number of methoxy groups -OCH3 is 1. The standard InChI is InChI=1S/C12H17NO4S/c1-4-18(15,16)11-8-6-5-7-10(11)13-9(2)12(14)17-3/h5-9,13H,4H2,1-3H3. The van der Waals surface area contributed by atoms with Gasteiger partial charge in [-0.25, -0.2) is 13.2 Å². The first-order valence-corrected chi connectivity index (χ1v) is 7.23. The first kappa shape index (κ1) is 14.5. The SMILES string of the molecule is CCS(=O)(=O)c1ccccc1NC(C)C(=O)OC. The molecule has 0 spiro atoms. The van der Waals surface area contributed by atoms with E-state index in [4.69, 9.17) is 0 Å². The molecule has 0 aliphatic heterocycles. The Balaban J connectivity index is 3.08. The van der Waals surface area contributed by atoms with E-state index in [-0.39, 0.29) is 10.6 Å². The molecule has 1 atom stereocenters. The Morgan fingerprint density at radius 3 is 2.56 bits per heavy atom. The van der Waals surface area contributed by atoms with Crippen LogP contribution in [0, 0.1) is 0 Å². The summed E-state index contributed by atoms with van der Waals surface area (Å²) in [5, 5.41) is 2.85. The van der Waals surface area contributed by atoms with Crippen molar-refractivity contribution in [3.63, 3.8) is 0 Å². The van der Waals surface area contributed by atoms with Crippen LogP contribution in [0.15, 0.2) is 29.2 Å². The zero-order valence-electron chi connectivity index (χ0n) is 10.6. The number of para-hydroxylation sites is 1. The summed E-state index contributed by atoms with van der Waals surface area (Å²) in [5.41, 5.74) is 0.414. The summed E-state index contributed by atoms with van der Waals surface area (Å²) in [6.07, 6.45) is 0. The third kappa shape index (κ3) is 3.22. The van der Waals surface area contributed by atoms with Crippen LogP contribution in [-0.2, 0) is 19.4 Å². The Labute approximate surface area is 107 Å². The van der Waals surface area contributed by atoms with Crippen LogP contribution in [0.2, 0.25) is 0 Å². The maximum atomic E-state index is 11.9. The molecule has 0 aliphatic carbocycles. The quantitative estimate of drug-likeness (QED) is 0.821. The van der Waals surface area contributed by atoms with E-state index in [2.05, 4.69) is 10.1 Å². The van der Waals surface area contributed by atoms with Gasteiger partial charge in [-0.05, 0) is 19.1 Å². The highest BCUT2D eigenvalue weighted by molar-refractivity contribution is 7.91. The molecule has 0 heterocycles. The molecule has 0 bridgehead atoms. The van der Waals surface area contributed by atoms with Crippen LogP contribution in [0.4, 0.5) is 5.69 Å². The summed E-state index contributed by atoms with van der Waals surface area (Å²) >= 11 is 0. The van der Waals surface area contributed by atoms with Crippen LogP contribution in [-0.4, -0.2) is 33.3 Å². The van der Waals surface area contributed by atoms with E-state index in [0.29, 0.717) is 5.69 Å². The molecule has 1 aromatic carbocycles. The molecular weight excluding hydrogens is 254 g/mol. The van der Waals surface area contributed by atoms with Crippen molar-refractivity contribution in [1.82, 2.24) is 0 Å². The molecule has 18 heavy (non-hydrogen) atoms.